The van der Waals surface area contributed by atoms with Crippen LogP contribution in [0.4, 0.5) is 23.7 Å². The normalized spacial score (nSPS) is 27.0. The molecule has 0 unspecified atom stereocenters. The molecule has 0 bridgehead atoms. The highest BCUT2D eigenvalue weighted by molar-refractivity contribution is 5.95. The first-order valence-corrected chi connectivity index (χ1v) is 9.87. The topological polar surface area (TPSA) is 61.4 Å². The third kappa shape index (κ3) is 3.51. The lowest BCUT2D eigenvalue weighted by Gasteiger charge is -2.48. The van der Waals surface area contributed by atoms with Crippen molar-refractivity contribution in [3.63, 3.8) is 0 Å². The number of urea groups is 1. The van der Waals surface area contributed by atoms with Gasteiger partial charge in [-0.1, -0.05) is 30.3 Å². The van der Waals surface area contributed by atoms with E-state index in [1.807, 2.05) is 18.2 Å². The first-order valence-electron chi connectivity index (χ1n) is 9.87. The van der Waals surface area contributed by atoms with Gasteiger partial charge in [0.2, 0.25) is 5.82 Å². The number of benzene rings is 1. The molecule has 2 amide bonds. The summed E-state index contributed by atoms with van der Waals surface area (Å²) in [6, 6.07) is 10.0. The van der Waals surface area contributed by atoms with Crippen molar-refractivity contribution in [1.29, 1.82) is 0 Å². The Morgan fingerprint density at radius 2 is 1.63 bits per heavy atom. The van der Waals surface area contributed by atoms with E-state index in [0.29, 0.717) is 6.54 Å². The number of halogens is 3. The van der Waals surface area contributed by atoms with Crippen molar-refractivity contribution in [2.75, 3.05) is 25.5 Å². The molecule has 9 heteroatoms. The molecule has 2 fully saturated rings. The first kappa shape index (κ1) is 20.6. The van der Waals surface area contributed by atoms with Crippen LogP contribution in [0.2, 0.25) is 0 Å². The van der Waals surface area contributed by atoms with E-state index in [9.17, 15) is 18.0 Å². The van der Waals surface area contributed by atoms with Crippen LogP contribution in [0, 0.1) is 0 Å². The largest absolute Gasteiger partial charge is 0.451 e. The molecular formula is C21H24F3N5O. The van der Waals surface area contributed by atoms with Gasteiger partial charge in [0.05, 0.1) is 30.2 Å². The minimum absolute atomic E-state index is 0.109. The summed E-state index contributed by atoms with van der Waals surface area (Å²) in [5.74, 6) is -1.21. The third-order valence-corrected chi connectivity index (χ3v) is 6.48. The Bertz CT molecular complexity index is 906. The SMILES string of the molecule is CN(C)[C@]1(c2ccccc2)CC[C@@]2(CC1)CN(c1cnc(C(F)(F)F)nc1)C(=O)N2. The summed E-state index contributed by atoms with van der Waals surface area (Å²) in [4.78, 5) is 23.1. The summed E-state index contributed by atoms with van der Waals surface area (Å²) in [6.45, 7) is 0.388. The molecule has 1 N–H and O–H groups in total. The van der Waals surface area contributed by atoms with E-state index in [2.05, 4.69) is 46.4 Å². The summed E-state index contributed by atoms with van der Waals surface area (Å²) in [5, 5.41) is 3.08. The number of carbonyl (C=O) groups excluding carboxylic acids is 1. The highest BCUT2D eigenvalue weighted by Crippen LogP contribution is 2.46. The van der Waals surface area contributed by atoms with Crippen LogP contribution in [-0.2, 0) is 11.7 Å². The molecule has 2 aromatic rings. The summed E-state index contributed by atoms with van der Waals surface area (Å²) in [5.41, 5.74) is 1.00. The van der Waals surface area contributed by atoms with E-state index in [-0.39, 0.29) is 17.3 Å². The van der Waals surface area contributed by atoms with Crippen molar-refractivity contribution in [2.24, 2.45) is 0 Å². The second-order valence-electron chi connectivity index (χ2n) is 8.35. The van der Waals surface area contributed by atoms with Gasteiger partial charge in [0.1, 0.15) is 0 Å². The lowest BCUT2D eigenvalue weighted by Crippen LogP contribution is -2.54. The maximum absolute atomic E-state index is 12.7. The Morgan fingerprint density at radius 3 is 2.17 bits per heavy atom. The fourth-order valence-electron chi connectivity index (χ4n) is 4.69. The van der Waals surface area contributed by atoms with Crippen LogP contribution in [0.15, 0.2) is 42.7 Å². The van der Waals surface area contributed by atoms with Gasteiger partial charge in [0.25, 0.3) is 0 Å². The molecule has 1 aliphatic heterocycles. The molecule has 0 atom stereocenters. The molecule has 1 saturated carbocycles. The molecule has 0 radical (unpaired) electrons. The number of aromatic nitrogens is 2. The number of carbonyl (C=O) groups is 1. The van der Waals surface area contributed by atoms with Crippen molar-refractivity contribution in [2.45, 2.75) is 42.9 Å². The van der Waals surface area contributed by atoms with Gasteiger partial charge in [-0.15, -0.1) is 0 Å². The van der Waals surface area contributed by atoms with Crippen molar-refractivity contribution in [1.82, 2.24) is 20.2 Å². The summed E-state index contributed by atoms with van der Waals surface area (Å²) in [7, 11) is 4.15. The van der Waals surface area contributed by atoms with Gasteiger partial charge in [-0.2, -0.15) is 13.2 Å². The minimum atomic E-state index is -4.61. The second-order valence-corrected chi connectivity index (χ2v) is 8.35. The van der Waals surface area contributed by atoms with Crippen LogP contribution >= 0.6 is 0 Å². The molecule has 1 aromatic heterocycles. The number of rotatable bonds is 3. The van der Waals surface area contributed by atoms with Crippen LogP contribution in [0.1, 0.15) is 37.1 Å². The molecule has 6 nitrogen and oxygen atoms in total. The van der Waals surface area contributed by atoms with Gasteiger partial charge in [-0.05, 0) is 45.3 Å². The standard InChI is InChI=1S/C21H24F3N5O/c1-28(2)20(15-6-4-3-5-7-15)10-8-19(9-11-20)14-29(18(30)27-19)16-12-25-17(26-13-16)21(22,23)24/h3-7,12-13H,8-11,14H2,1-2H3,(H,27,30)/t19-,20-. The smallest absolute Gasteiger partial charge is 0.330 e. The van der Waals surface area contributed by atoms with Crippen molar-refractivity contribution in [3.05, 3.63) is 54.1 Å². The molecule has 1 aliphatic carbocycles. The van der Waals surface area contributed by atoms with Crippen molar-refractivity contribution < 1.29 is 18.0 Å². The zero-order valence-electron chi connectivity index (χ0n) is 16.9. The first-order chi connectivity index (χ1) is 14.2. The van der Waals surface area contributed by atoms with Crippen molar-refractivity contribution >= 4 is 11.7 Å². The maximum Gasteiger partial charge on any atom is 0.451 e. The van der Waals surface area contributed by atoms with E-state index < -0.39 is 17.5 Å². The van der Waals surface area contributed by atoms with Gasteiger partial charge < -0.3 is 5.32 Å². The van der Waals surface area contributed by atoms with E-state index >= 15 is 0 Å². The van der Waals surface area contributed by atoms with Crippen LogP contribution in [0.3, 0.4) is 0 Å². The predicted octanol–water partition coefficient (Wildman–Crippen LogP) is 3.79. The quantitative estimate of drug-likeness (QED) is 0.822. The van der Waals surface area contributed by atoms with E-state index in [1.165, 1.54) is 10.5 Å². The van der Waals surface area contributed by atoms with E-state index in [1.54, 1.807) is 0 Å². The van der Waals surface area contributed by atoms with Gasteiger partial charge in [0, 0.05) is 5.54 Å². The molecule has 1 saturated heterocycles. The lowest BCUT2D eigenvalue weighted by atomic mass is 9.69. The zero-order chi connectivity index (χ0) is 21.6. The maximum atomic E-state index is 12.7. The number of anilines is 1. The van der Waals surface area contributed by atoms with Crippen LogP contribution in [-0.4, -0.2) is 47.1 Å². The van der Waals surface area contributed by atoms with Gasteiger partial charge in [0.15, 0.2) is 0 Å². The monoisotopic (exact) mass is 419 g/mol. The summed E-state index contributed by atoms with van der Waals surface area (Å²) >= 11 is 0. The number of amides is 2. The number of alkyl halides is 3. The molecule has 1 aromatic carbocycles. The molecular weight excluding hydrogens is 395 g/mol. The fraction of sp³-hybridized carbons (Fsp3) is 0.476. The number of nitrogens with one attached hydrogen (secondary N) is 1. The highest BCUT2D eigenvalue weighted by Gasteiger charge is 2.50. The molecule has 30 heavy (non-hydrogen) atoms. The highest BCUT2D eigenvalue weighted by atomic mass is 19.4. The molecule has 2 heterocycles. The average molecular weight is 419 g/mol. The van der Waals surface area contributed by atoms with E-state index in [4.69, 9.17) is 0 Å². The lowest BCUT2D eigenvalue weighted by molar-refractivity contribution is -0.144. The number of nitrogens with zero attached hydrogens (tertiary/aromatic N) is 4. The average Bonchev–Trinajstić information content (AvgIpc) is 3.04. The predicted molar refractivity (Wildman–Crippen MR) is 106 cm³/mol. The van der Waals surface area contributed by atoms with Crippen LogP contribution < -0.4 is 10.2 Å². The Labute approximate surface area is 173 Å². The molecule has 2 aliphatic rings. The van der Waals surface area contributed by atoms with Crippen molar-refractivity contribution in [3.8, 4) is 0 Å². The minimum Gasteiger partial charge on any atom is -0.330 e. The van der Waals surface area contributed by atoms with Gasteiger partial charge >= 0.3 is 12.2 Å². The molecule has 160 valence electrons. The molecule has 1 spiro atoms. The number of hydrogen-bond donors (Lipinski definition) is 1. The summed E-state index contributed by atoms with van der Waals surface area (Å²) in [6.07, 6.45) is 0.775. The third-order valence-electron chi connectivity index (χ3n) is 6.48. The number of hydrogen-bond acceptors (Lipinski definition) is 4. The molecule has 4 rings (SSSR count). The van der Waals surface area contributed by atoms with Gasteiger partial charge in [-0.3, -0.25) is 9.80 Å². The Morgan fingerprint density at radius 1 is 1.03 bits per heavy atom. The van der Waals surface area contributed by atoms with Gasteiger partial charge in [-0.25, -0.2) is 14.8 Å². The van der Waals surface area contributed by atoms with E-state index in [0.717, 1.165) is 38.1 Å². The van der Waals surface area contributed by atoms with Crippen LogP contribution in [0.5, 0.6) is 0 Å². The Kier molecular flexibility index (Phi) is 4.96. The Hall–Kier alpha value is -2.68. The van der Waals surface area contributed by atoms with Crippen LogP contribution in [0.25, 0.3) is 0 Å². The zero-order valence-corrected chi connectivity index (χ0v) is 16.9. The Balaban J connectivity index is 1.52. The summed E-state index contributed by atoms with van der Waals surface area (Å²) < 4.78 is 38.1. The fourth-order valence-corrected chi connectivity index (χ4v) is 4.69. The second kappa shape index (κ2) is 7.23.